The van der Waals surface area contributed by atoms with E-state index < -0.39 is 0 Å². The van der Waals surface area contributed by atoms with E-state index >= 15 is 0 Å². The maximum absolute atomic E-state index is 12.3. The lowest BCUT2D eigenvalue weighted by atomic mass is 10.2. The molecule has 124 valence electrons. The summed E-state index contributed by atoms with van der Waals surface area (Å²) < 4.78 is 8.39. The molecule has 3 heterocycles. The van der Waals surface area contributed by atoms with Crippen LogP contribution in [0.15, 0.2) is 60.9 Å². The number of carbonyl (C=O) groups excluding carboxylic acids is 1. The minimum atomic E-state index is -0.292. The number of rotatable bonds is 4. The first-order chi connectivity index (χ1) is 12.2. The number of methoxy groups -OCH3 is 1. The van der Waals surface area contributed by atoms with Crippen molar-refractivity contribution >= 4 is 17.5 Å². The van der Waals surface area contributed by atoms with E-state index in [0.29, 0.717) is 17.0 Å². The molecule has 0 atom stereocenters. The fourth-order valence-electron chi connectivity index (χ4n) is 2.44. The molecule has 0 radical (unpaired) electrons. The minimum Gasteiger partial charge on any atom is -0.497 e. The Hall–Kier alpha value is -3.68. The number of anilines is 1. The Kier molecular flexibility index (Phi) is 3.62. The number of nitrogens with zero attached hydrogens (tertiary/aromatic N) is 5. The van der Waals surface area contributed by atoms with E-state index in [4.69, 9.17) is 4.74 Å². The van der Waals surface area contributed by atoms with E-state index in [0.717, 1.165) is 5.82 Å². The van der Waals surface area contributed by atoms with Crippen molar-refractivity contribution < 1.29 is 9.53 Å². The highest BCUT2D eigenvalue weighted by Crippen LogP contribution is 2.14. The van der Waals surface area contributed by atoms with E-state index in [1.54, 1.807) is 46.8 Å². The van der Waals surface area contributed by atoms with Gasteiger partial charge in [0.2, 0.25) is 5.95 Å². The van der Waals surface area contributed by atoms with E-state index in [2.05, 4.69) is 20.5 Å². The van der Waals surface area contributed by atoms with Gasteiger partial charge in [-0.05, 0) is 42.5 Å². The van der Waals surface area contributed by atoms with Crippen molar-refractivity contribution in [2.75, 3.05) is 12.4 Å². The SMILES string of the molecule is COc1ccc(C(=O)Nc2nc3cccc(-n4cccn4)n3n2)cc1. The molecule has 3 aromatic heterocycles. The van der Waals surface area contributed by atoms with Crippen LogP contribution in [0.1, 0.15) is 10.4 Å². The van der Waals surface area contributed by atoms with Crippen LogP contribution in [0.3, 0.4) is 0 Å². The second-order valence-electron chi connectivity index (χ2n) is 5.22. The number of pyridine rings is 1. The van der Waals surface area contributed by atoms with Crippen molar-refractivity contribution in [1.82, 2.24) is 24.4 Å². The minimum absolute atomic E-state index is 0.223. The van der Waals surface area contributed by atoms with Crippen molar-refractivity contribution in [1.29, 1.82) is 0 Å². The topological polar surface area (TPSA) is 86.3 Å². The van der Waals surface area contributed by atoms with Crippen molar-refractivity contribution in [3.63, 3.8) is 0 Å². The van der Waals surface area contributed by atoms with Gasteiger partial charge in [-0.15, -0.1) is 5.10 Å². The summed E-state index contributed by atoms with van der Waals surface area (Å²) in [5.74, 6) is 1.34. The lowest BCUT2D eigenvalue weighted by Gasteiger charge is -2.03. The highest BCUT2D eigenvalue weighted by molar-refractivity contribution is 6.03. The van der Waals surface area contributed by atoms with E-state index in [-0.39, 0.29) is 11.9 Å². The third kappa shape index (κ3) is 2.80. The summed E-state index contributed by atoms with van der Waals surface area (Å²) in [6.45, 7) is 0. The normalized spacial score (nSPS) is 10.8. The Morgan fingerprint density at radius 1 is 1.12 bits per heavy atom. The van der Waals surface area contributed by atoms with Gasteiger partial charge in [0, 0.05) is 18.0 Å². The number of hydrogen-bond acceptors (Lipinski definition) is 5. The molecule has 0 spiro atoms. The van der Waals surface area contributed by atoms with Crippen LogP contribution in [-0.2, 0) is 0 Å². The number of carbonyl (C=O) groups is 1. The third-order valence-electron chi connectivity index (χ3n) is 3.66. The average molecular weight is 334 g/mol. The Morgan fingerprint density at radius 3 is 2.68 bits per heavy atom. The molecule has 25 heavy (non-hydrogen) atoms. The predicted octanol–water partition coefficient (Wildman–Crippen LogP) is 2.18. The van der Waals surface area contributed by atoms with E-state index in [1.165, 1.54) is 0 Å². The number of fused-ring (bicyclic) bond motifs is 1. The zero-order valence-electron chi connectivity index (χ0n) is 13.3. The summed E-state index contributed by atoms with van der Waals surface area (Å²) >= 11 is 0. The van der Waals surface area contributed by atoms with Gasteiger partial charge < -0.3 is 4.74 Å². The summed E-state index contributed by atoms with van der Waals surface area (Å²) in [6.07, 6.45) is 3.49. The van der Waals surface area contributed by atoms with Crippen molar-refractivity contribution in [3.8, 4) is 11.6 Å². The molecular weight excluding hydrogens is 320 g/mol. The van der Waals surface area contributed by atoms with Crippen molar-refractivity contribution in [3.05, 3.63) is 66.5 Å². The summed E-state index contributed by atoms with van der Waals surface area (Å²) in [4.78, 5) is 16.7. The molecule has 0 saturated carbocycles. The molecule has 4 rings (SSSR count). The quantitative estimate of drug-likeness (QED) is 0.618. The summed E-state index contributed by atoms with van der Waals surface area (Å²) in [5, 5.41) is 11.3. The van der Waals surface area contributed by atoms with Crippen LogP contribution in [-0.4, -0.2) is 37.4 Å². The fraction of sp³-hybridized carbons (Fsp3) is 0.0588. The summed E-state index contributed by atoms with van der Waals surface area (Å²) in [5.41, 5.74) is 1.10. The van der Waals surface area contributed by atoms with E-state index in [9.17, 15) is 4.79 Å². The Bertz CT molecular complexity index is 1020. The number of aromatic nitrogens is 5. The second kappa shape index (κ2) is 6.08. The molecule has 8 nitrogen and oxygen atoms in total. The molecule has 0 unspecified atom stereocenters. The standard InChI is InChI=1S/C17H14N6O2/c1-25-13-8-6-12(7-9-13)16(24)20-17-19-14-4-2-5-15(23(14)21-17)22-11-3-10-18-22/h2-11H,1H3,(H,20,21,24). The highest BCUT2D eigenvalue weighted by atomic mass is 16.5. The Morgan fingerprint density at radius 2 is 1.96 bits per heavy atom. The number of benzene rings is 1. The average Bonchev–Trinajstić information content (AvgIpc) is 3.30. The van der Waals surface area contributed by atoms with Gasteiger partial charge in [0.15, 0.2) is 11.5 Å². The molecule has 4 aromatic rings. The monoisotopic (exact) mass is 334 g/mol. The molecule has 0 saturated heterocycles. The van der Waals surface area contributed by atoms with Crippen LogP contribution in [0.5, 0.6) is 5.75 Å². The fourth-order valence-corrected chi connectivity index (χ4v) is 2.44. The molecule has 0 fully saturated rings. The smallest absolute Gasteiger partial charge is 0.258 e. The van der Waals surface area contributed by atoms with Crippen LogP contribution in [0.2, 0.25) is 0 Å². The molecule has 1 aromatic carbocycles. The first kappa shape index (κ1) is 14.9. The lowest BCUT2D eigenvalue weighted by molar-refractivity contribution is 0.102. The Labute approximate surface area is 142 Å². The molecule has 0 aliphatic rings. The van der Waals surface area contributed by atoms with Gasteiger partial charge in [0.05, 0.1) is 7.11 Å². The molecule has 8 heteroatoms. The highest BCUT2D eigenvalue weighted by Gasteiger charge is 2.12. The lowest BCUT2D eigenvalue weighted by Crippen LogP contribution is -2.13. The van der Waals surface area contributed by atoms with Gasteiger partial charge in [-0.2, -0.15) is 14.6 Å². The zero-order valence-corrected chi connectivity index (χ0v) is 13.3. The maximum Gasteiger partial charge on any atom is 0.258 e. The van der Waals surface area contributed by atoms with Gasteiger partial charge >= 0.3 is 0 Å². The number of ether oxygens (including phenoxy) is 1. The molecule has 1 N–H and O–H groups in total. The predicted molar refractivity (Wildman–Crippen MR) is 91.1 cm³/mol. The van der Waals surface area contributed by atoms with Crippen LogP contribution < -0.4 is 10.1 Å². The van der Waals surface area contributed by atoms with Gasteiger partial charge in [-0.3, -0.25) is 10.1 Å². The second-order valence-corrected chi connectivity index (χ2v) is 5.22. The maximum atomic E-state index is 12.3. The van der Waals surface area contributed by atoms with Crippen molar-refractivity contribution in [2.45, 2.75) is 0 Å². The molecule has 0 aliphatic carbocycles. The first-order valence-electron chi connectivity index (χ1n) is 7.56. The van der Waals surface area contributed by atoms with Gasteiger partial charge in [-0.25, -0.2) is 4.68 Å². The van der Waals surface area contributed by atoms with Gasteiger partial charge in [0.25, 0.3) is 5.91 Å². The molecular formula is C17H14N6O2. The van der Waals surface area contributed by atoms with Gasteiger partial charge in [-0.1, -0.05) is 6.07 Å². The molecule has 0 aliphatic heterocycles. The van der Waals surface area contributed by atoms with Crippen LogP contribution in [0.4, 0.5) is 5.95 Å². The number of amides is 1. The molecule has 1 amide bonds. The first-order valence-corrected chi connectivity index (χ1v) is 7.56. The zero-order chi connectivity index (χ0) is 17.2. The number of nitrogens with one attached hydrogen (secondary N) is 1. The summed E-state index contributed by atoms with van der Waals surface area (Å²) in [6, 6.07) is 14.2. The summed E-state index contributed by atoms with van der Waals surface area (Å²) in [7, 11) is 1.58. The van der Waals surface area contributed by atoms with Crippen molar-refractivity contribution in [2.24, 2.45) is 0 Å². The number of hydrogen-bond donors (Lipinski definition) is 1. The third-order valence-corrected chi connectivity index (χ3v) is 3.66. The van der Waals surface area contributed by atoms with Gasteiger partial charge in [0.1, 0.15) is 5.75 Å². The Balaban J connectivity index is 1.63. The molecule has 0 bridgehead atoms. The van der Waals surface area contributed by atoms with E-state index in [1.807, 2.05) is 30.5 Å². The van der Waals surface area contributed by atoms with Crippen LogP contribution >= 0.6 is 0 Å². The van der Waals surface area contributed by atoms with Crippen LogP contribution in [0.25, 0.3) is 11.5 Å². The van der Waals surface area contributed by atoms with Crippen LogP contribution in [0, 0.1) is 0 Å². The largest absolute Gasteiger partial charge is 0.497 e.